The van der Waals surface area contributed by atoms with E-state index in [1.54, 1.807) is 22.6 Å². The van der Waals surface area contributed by atoms with E-state index >= 15 is 0 Å². The van der Waals surface area contributed by atoms with Crippen molar-refractivity contribution >= 4 is 39.4 Å². The summed E-state index contributed by atoms with van der Waals surface area (Å²) in [7, 11) is 0. The molecule has 2 aromatic heterocycles. The van der Waals surface area contributed by atoms with Gasteiger partial charge in [0.15, 0.2) is 0 Å². The third-order valence-corrected chi connectivity index (χ3v) is 6.64. The SMILES string of the molecule is CC(C)(C)OC(=O)N1CCC[C@H](C(=O)N[C@H]2CCCN(c3ncnc4ccsc34)C2)C1. The van der Waals surface area contributed by atoms with Crippen molar-refractivity contribution in [1.82, 2.24) is 20.2 Å². The second kappa shape index (κ2) is 8.98. The molecule has 8 nitrogen and oxygen atoms in total. The van der Waals surface area contributed by atoms with Crippen LogP contribution in [-0.2, 0) is 9.53 Å². The lowest BCUT2D eigenvalue weighted by atomic mass is 9.96. The standard InChI is InChI=1S/C22H31N5O3S/c1-22(2,3)30-21(29)27-10-4-6-15(12-27)20(28)25-16-7-5-9-26(13-16)19-18-17(8-11-31-18)23-14-24-19/h8,11,14-16H,4-7,9-10,12-13H2,1-3H3,(H,25,28)/t15-,16-/m0/s1. The molecule has 4 rings (SSSR count). The predicted molar refractivity (Wildman–Crippen MR) is 121 cm³/mol. The quantitative estimate of drug-likeness (QED) is 0.779. The number of amides is 2. The zero-order chi connectivity index (χ0) is 22.0. The number of carbonyl (C=O) groups excluding carboxylic acids is 2. The average Bonchev–Trinajstić information content (AvgIpc) is 3.22. The maximum atomic E-state index is 13.0. The molecule has 0 unspecified atom stereocenters. The number of anilines is 1. The molecular formula is C22H31N5O3S. The van der Waals surface area contributed by atoms with Crippen LogP contribution in [0.1, 0.15) is 46.5 Å². The summed E-state index contributed by atoms with van der Waals surface area (Å²) in [4.78, 5) is 38.2. The molecule has 2 fully saturated rings. The Kier molecular flexibility index (Phi) is 6.31. The maximum absolute atomic E-state index is 13.0. The van der Waals surface area contributed by atoms with Gasteiger partial charge in [-0.3, -0.25) is 4.79 Å². The van der Waals surface area contributed by atoms with Crippen LogP contribution in [0, 0.1) is 5.92 Å². The zero-order valence-electron chi connectivity index (χ0n) is 18.5. The number of carbonyl (C=O) groups is 2. The Hall–Kier alpha value is -2.42. The summed E-state index contributed by atoms with van der Waals surface area (Å²) in [6.07, 6.45) is 4.83. The summed E-state index contributed by atoms with van der Waals surface area (Å²) in [5.74, 6) is 0.788. The third kappa shape index (κ3) is 5.26. The van der Waals surface area contributed by atoms with E-state index in [0.29, 0.717) is 13.1 Å². The van der Waals surface area contributed by atoms with Gasteiger partial charge in [0.2, 0.25) is 5.91 Å². The van der Waals surface area contributed by atoms with Gasteiger partial charge in [0, 0.05) is 32.2 Å². The van der Waals surface area contributed by atoms with E-state index in [0.717, 1.165) is 54.8 Å². The summed E-state index contributed by atoms with van der Waals surface area (Å²) in [6.45, 7) is 8.28. The van der Waals surface area contributed by atoms with Crippen molar-refractivity contribution in [2.45, 2.75) is 58.1 Å². The third-order valence-electron chi connectivity index (χ3n) is 5.74. The fourth-order valence-corrected chi connectivity index (χ4v) is 5.15. The van der Waals surface area contributed by atoms with Crippen LogP contribution < -0.4 is 10.2 Å². The molecule has 0 saturated carbocycles. The van der Waals surface area contributed by atoms with E-state index in [2.05, 4.69) is 20.2 Å². The van der Waals surface area contributed by atoms with Crippen molar-refractivity contribution in [3.05, 3.63) is 17.8 Å². The van der Waals surface area contributed by atoms with E-state index in [9.17, 15) is 9.59 Å². The van der Waals surface area contributed by atoms with Crippen LogP contribution in [0.2, 0.25) is 0 Å². The Morgan fingerprint density at radius 1 is 1.16 bits per heavy atom. The van der Waals surface area contributed by atoms with Gasteiger partial charge in [0.05, 0.1) is 16.1 Å². The number of fused-ring (bicyclic) bond motifs is 1. The van der Waals surface area contributed by atoms with E-state index in [1.165, 1.54) is 0 Å². The molecule has 2 aliphatic rings. The first kappa shape index (κ1) is 21.8. The molecule has 0 bridgehead atoms. The number of thiophene rings is 1. The monoisotopic (exact) mass is 445 g/mol. The number of ether oxygens (including phenoxy) is 1. The fourth-order valence-electron chi connectivity index (χ4n) is 4.29. The van der Waals surface area contributed by atoms with Crippen molar-refractivity contribution in [1.29, 1.82) is 0 Å². The van der Waals surface area contributed by atoms with Gasteiger partial charge in [-0.15, -0.1) is 11.3 Å². The Bertz CT molecular complexity index is 941. The van der Waals surface area contributed by atoms with E-state index in [4.69, 9.17) is 4.74 Å². The Labute approximate surface area is 187 Å². The maximum Gasteiger partial charge on any atom is 0.410 e. The van der Waals surface area contributed by atoms with Crippen molar-refractivity contribution in [3.8, 4) is 0 Å². The van der Waals surface area contributed by atoms with Crippen LogP contribution in [0.3, 0.4) is 0 Å². The molecule has 2 amide bonds. The van der Waals surface area contributed by atoms with Crippen LogP contribution in [0.25, 0.3) is 10.2 Å². The summed E-state index contributed by atoms with van der Waals surface area (Å²) >= 11 is 1.65. The normalized spacial score (nSPS) is 22.4. The van der Waals surface area contributed by atoms with Gasteiger partial charge in [0.1, 0.15) is 17.7 Å². The molecule has 168 valence electrons. The highest BCUT2D eigenvalue weighted by Gasteiger charge is 2.32. The van der Waals surface area contributed by atoms with Crippen LogP contribution in [0.5, 0.6) is 0 Å². The molecule has 2 atom stereocenters. The Morgan fingerprint density at radius 2 is 1.97 bits per heavy atom. The average molecular weight is 446 g/mol. The van der Waals surface area contributed by atoms with Gasteiger partial charge in [-0.2, -0.15) is 0 Å². The second-order valence-corrected chi connectivity index (χ2v) is 10.3. The number of rotatable bonds is 3. The fraction of sp³-hybridized carbons (Fsp3) is 0.636. The van der Waals surface area contributed by atoms with Crippen molar-refractivity contribution in [3.63, 3.8) is 0 Å². The van der Waals surface area contributed by atoms with Gasteiger partial charge in [0.25, 0.3) is 0 Å². The second-order valence-electron chi connectivity index (χ2n) is 9.39. The highest BCUT2D eigenvalue weighted by molar-refractivity contribution is 7.17. The van der Waals surface area contributed by atoms with E-state index in [-0.39, 0.29) is 24.0 Å². The van der Waals surface area contributed by atoms with Crippen LogP contribution in [-0.4, -0.2) is 64.7 Å². The topological polar surface area (TPSA) is 87.7 Å². The Morgan fingerprint density at radius 3 is 2.77 bits per heavy atom. The minimum absolute atomic E-state index is 0.0315. The lowest BCUT2D eigenvalue weighted by Crippen LogP contribution is -2.52. The van der Waals surface area contributed by atoms with E-state index < -0.39 is 5.60 Å². The number of hydrogen-bond donors (Lipinski definition) is 1. The minimum Gasteiger partial charge on any atom is -0.444 e. The number of piperidine rings is 2. The molecule has 0 aromatic carbocycles. The van der Waals surface area contributed by atoms with Gasteiger partial charge in [-0.25, -0.2) is 14.8 Å². The molecule has 9 heteroatoms. The molecule has 0 radical (unpaired) electrons. The highest BCUT2D eigenvalue weighted by Crippen LogP contribution is 2.30. The van der Waals surface area contributed by atoms with Crippen LogP contribution in [0.15, 0.2) is 17.8 Å². The molecule has 2 saturated heterocycles. The number of hydrogen-bond acceptors (Lipinski definition) is 7. The molecule has 1 N–H and O–H groups in total. The van der Waals surface area contributed by atoms with Gasteiger partial charge < -0.3 is 19.9 Å². The number of aromatic nitrogens is 2. The zero-order valence-corrected chi connectivity index (χ0v) is 19.3. The number of nitrogens with one attached hydrogen (secondary N) is 1. The van der Waals surface area contributed by atoms with Gasteiger partial charge in [-0.1, -0.05) is 0 Å². The first-order valence-electron chi connectivity index (χ1n) is 11.0. The lowest BCUT2D eigenvalue weighted by Gasteiger charge is -2.36. The van der Waals surface area contributed by atoms with Gasteiger partial charge in [-0.05, 0) is 57.9 Å². The summed E-state index contributed by atoms with van der Waals surface area (Å²) in [5, 5.41) is 5.27. The highest BCUT2D eigenvalue weighted by atomic mass is 32.1. The molecule has 0 spiro atoms. The van der Waals surface area contributed by atoms with Crippen LogP contribution >= 0.6 is 11.3 Å². The van der Waals surface area contributed by atoms with Crippen LogP contribution in [0.4, 0.5) is 10.6 Å². The largest absolute Gasteiger partial charge is 0.444 e. The molecule has 4 heterocycles. The summed E-state index contributed by atoms with van der Waals surface area (Å²) < 4.78 is 6.58. The molecule has 0 aliphatic carbocycles. The van der Waals surface area contributed by atoms with Crippen molar-refractivity contribution in [2.24, 2.45) is 5.92 Å². The minimum atomic E-state index is -0.535. The first-order chi connectivity index (χ1) is 14.8. The van der Waals surface area contributed by atoms with Gasteiger partial charge >= 0.3 is 6.09 Å². The number of nitrogens with zero attached hydrogens (tertiary/aromatic N) is 4. The molecule has 2 aliphatic heterocycles. The molecule has 2 aromatic rings. The lowest BCUT2D eigenvalue weighted by molar-refractivity contribution is -0.127. The first-order valence-corrected chi connectivity index (χ1v) is 11.9. The Balaban J connectivity index is 1.36. The summed E-state index contributed by atoms with van der Waals surface area (Å²) in [5.41, 5.74) is 0.429. The smallest absolute Gasteiger partial charge is 0.410 e. The summed E-state index contributed by atoms with van der Waals surface area (Å²) in [6, 6.07) is 2.08. The van der Waals surface area contributed by atoms with E-state index in [1.807, 2.05) is 32.2 Å². The molecule has 31 heavy (non-hydrogen) atoms. The molecular weight excluding hydrogens is 414 g/mol. The number of likely N-dealkylation sites (tertiary alicyclic amines) is 1. The van der Waals surface area contributed by atoms with Crippen molar-refractivity contribution in [2.75, 3.05) is 31.1 Å². The van der Waals surface area contributed by atoms with Crippen molar-refractivity contribution < 1.29 is 14.3 Å². The predicted octanol–water partition coefficient (Wildman–Crippen LogP) is 3.42.